The minimum absolute atomic E-state index is 0.148. The number of para-hydroxylation sites is 1. The summed E-state index contributed by atoms with van der Waals surface area (Å²) in [6.07, 6.45) is 2.81. The predicted molar refractivity (Wildman–Crippen MR) is 106 cm³/mol. The Kier molecular flexibility index (Phi) is 5.98. The normalized spacial score (nSPS) is 11.2. The second-order valence-corrected chi connectivity index (χ2v) is 6.07. The van der Waals surface area contributed by atoms with Crippen molar-refractivity contribution in [2.45, 2.75) is 13.3 Å². The number of pyridine rings is 1. The molecule has 9 heteroatoms. The number of hydrazone groups is 1. The number of benzene rings is 1. The van der Waals surface area contributed by atoms with Crippen LogP contribution in [0.25, 0.3) is 5.69 Å². The fraction of sp³-hybridized carbons (Fsp3) is 0.150. The molecule has 148 valence electrons. The van der Waals surface area contributed by atoms with E-state index in [1.54, 1.807) is 49.5 Å². The molecule has 0 saturated carbocycles. The zero-order valence-corrected chi connectivity index (χ0v) is 15.9. The van der Waals surface area contributed by atoms with Gasteiger partial charge in [0, 0.05) is 12.4 Å². The topological polar surface area (TPSA) is 118 Å². The largest absolute Gasteiger partial charge is 0.469 e. The van der Waals surface area contributed by atoms with Crippen LogP contribution in [0.5, 0.6) is 0 Å². The molecule has 29 heavy (non-hydrogen) atoms. The average molecular weight is 393 g/mol. The summed E-state index contributed by atoms with van der Waals surface area (Å²) in [4.78, 5) is 40.8. The van der Waals surface area contributed by atoms with Crippen molar-refractivity contribution in [2.24, 2.45) is 5.10 Å². The molecule has 0 atom stereocenters. The van der Waals surface area contributed by atoms with Crippen LogP contribution < -0.4 is 11.0 Å². The van der Waals surface area contributed by atoms with Gasteiger partial charge < -0.3 is 4.74 Å². The SMILES string of the molecule is COC(=O)Cc1[nH]n(-c2ccccc2)c(=O)c1/C(C)=N/NC(=O)c1cccnc1. The van der Waals surface area contributed by atoms with Crippen molar-refractivity contribution < 1.29 is 14.3 Å². The molecule has 0 aliphatic carbocycles. The summed E-state index contributed by atoms with van der Waals surface area (Å²) in [5, 5.41) is 6.97. The van der Waals surface area contributed by atoms with Crippen molar-refractivity contribution in [3.8, 4) is 5.69 Å². The van der Waals surface area contributed by atoms with E-state index < -0.39 is 17.4 Å². The van der Waals surface area contributed by atoms with Gasteiger partial charge in [0.1, 0.15) is 0 Å². The maximum atomic E-state index is 13.0. The fourth-order valence-electron chi connectivity index (χ4n) is 2.71. The van der Waals surface area contributed by atoms with Crippen LogP contribution in [-0.4, -0.2) is 39.5 Å². The second kappa shape index (κ2) is 8.79. The number of aromatic nitrogens is 3. The van der Waals surface area contributed by atoms with Crippen molar-refractivity contribution in [3.63, 3.8) is 0 Å². The van der Waals surface area contributed by atoms with Gasteiger partial charge in [0.15, 0.2) is 0 Å². The van der Waals surface area contributed by atoms with Gasteiger partial charge in [-0.1, -0.05) is 18.2 Å². The van der Waals surface area contributed by atoms with E-state index in [1.807, 2.05) is 6.07 Å². The predicted octanol–water partition coefficient (Wildman–Crippen LogP) is 1.43. The Labute approximate surface area is 166 Å². The first-order chi connectivity index (χ1) is 14.0. The maximum Gasteiger partial charge on any atom is 0.311 e. The number of ether oxygens (including phenoxy) is 1. The van der Waals surface area contributed by atoms with Gasteiger partial charge in [-0.05, 0) is 31.2 Å². The molecule has 0 aliphatic heterocycles. The quantitative estimate of drug-likeness (QED) is 0.373. The van der Waals surface area contributed by atoms with E-state index in [4.69, 9.17) is 4.74 Å². The van der Waals surface area contributed by atoms with E-state index in [-0.39, 0.29) is 17.7 Å². The van der Waals surface area contributed by atoms with Gasteiger partial charge in [-0.25, -0.2) is 10.1 Å². The van der Waals surface area contributed by atoms with Gasteiger partial charge in [-0.3, -0.25) is 24.5 Å². The van der Waals surface area contributed by atoms with Crippen LogP contribution in [0.15, 0.2) is 64.8 Å². The summed E-state index contributed by atoms with van der Waals surface area (Å²) < 4.78 is 6.03. The van der Waals surface area contributed by atoms with Crippen molar-refractivity contribution in [1.82, 2.24) is 20.2 Å². The highest BCUT2D eigenvalue weighted by Gasteiger charge is 2.20. The van der Waals surface area contributed by atoms with E-state index in [9.17, 15) is 14.4 Å². The van der Waals surface area contributed by atoms with Gasteiger partial charge in [0.2, 0.25) is 0 Å². The molecule has 0 radical (unpaired) electrons. The number of esters is 1. The molecule has 0 unspecified atom stereocenters. The van der Waals surface area contributed by atoms with Crippen LogP contribution in [0, 0.1) is 0 Å². The molecule has 0 spiro atoms. The molecule has 9 nitrogen and oxygen atoms in total. The van der Waals surface area contributed by atoms with Gasteiger partial charge in [-0.15, -0.1) is 0 Å². The standard InChI is InChI=1S/C20H19N5O4/c1-13(22-23-19(27)14-7-6-10-21-12-14)18-16(11-17(26)29-2)24-25(20(18)28)15-8-4-3-5-9-15/h3-10,12,24H,11H2,1-2H3,(H,23,27)/b22-13+. The van der Waals surface area contributed by atoms with Gasteiger partial charge in [0.05, 0.1) is 41.8 Å². The van der Waals surface area contributed by atoms with Crippen LogP contribution in [0.4, 0.5) is 0 Å². The van der Waals surface area contributed by atoms with Crippen molar-refractivity contribution >= 4 is 17.6 Å². The highest BCUT2D eigenvalue weighted by molar-refractivity contribution is 6.02. The van der Waals surface area contributed by atoms with E-state index in [1.165, 1.54) is 18.0 Å². The number of nitrogens with one attached hydrogen (secondary N) is 2. The monoisotopic (exact) mass is 393 g/mol. The summed E-state index contributed by atoms with van der Waals surface area (Å²) >= 11 is 0. The third kappa shape index (κ3) is 4.46. The lowest BCUT2D eigenvalue weighted by Gasteiger charge is -2.03. The van der Waals surface area contributed by atoms with Crippen molar-refractivity contribution in [3.05, 3.63) is 82.0 Å². The average Bonchev–Trinajstić information content (AvgIpc) is 3.08. The third-order valence-electron chi connectivity index (χ3n) is 4.14. The van der Waals surface area contributed by atoms with Crippen LogP contribution in [0.1, 0.15) is 28.5 Å². The number of carbonyl (C=O) groups is 2. The number of aromatic amines is 1. The Morgan fingerprint density at radius 3 is 2.62 bits per heavy atom. The van der Waals surface area contributed by atoms with Crippen LogP contribution in [0.3, 0.4) is 0 Å². The number of hydrogen-bond donors (Lipinski definition) is 2. The molecule has 0 bridgehead atoms. The molecule has 3 rings (SSSR count). The minimum Gasteiger partial charge on any atom is -0.469 e. The molecule has 0 fully saturated rings. The summed E-state index contributed by atoms with van der Waals surface area (Å²) in [7, 11) is 1.27. The highest BCUT2D eigenvalue weighted by atomic mass is 16.5. The lowest BCUT2D eigenvalue weighted by atomic mass is 10.1. The Morgan fingerprint density at radius 2 is 1.97 bits per heavy atom. The van der Waals surface area contributed by atoms with Gasteiger partial charge in [0.25, 0.3) is 11.5 Å². The van der Waals surface area contributed by atoms with Crippen LogP contribution in [-0.2, 0) is 16.0 Å². The van der Waals surface area contributed by atoms with E-state index in [0.29, 0.717) is 16.9 Å². The number of carbonyl (C=O) groups excluding carboxylic acids is 2. The highest BCUT2D eigenvalue weighted by Crippen LogP contribution is 2.10. The molecule has 0 saturated heterocycles. The molecule has 0 aliphatic rings. The Morgan fingerprint density at radius 1 is 1.21 bits per heavy atom. The van der Waals surface area contributed by atoms with Gasteiger partial charge in [-0.2, -0.15) is 5.10 Å². The first kappa shape index (κ1) is 19.7. The molecular formula is C20H19N5O4. The molecule has 2 heterocycles. The van der Waals surface area contributed by atoms with E-state index in [0.717, 1.165) is 0 Å². The van der Waals surface area contributed by atoms with Crippen molar-refractivity contribution in [1.29, 1.82) is 0 Å². The first-order valence-electron chi connectivity index (χ1n) is 8.72. The van der Waals surface area contributed by atoms with E-state index in [2.05, 4.69) is 20.6 Å². The Balaban J connectivity index is 1.97. The number of hydrogen-bond acceptors (Lipinski definition) is 6. The van der Waals surface area contributed by atoms with E-state index >= 15 is 0 Å². The maximum absolute atomic E-state index is 13.0. The van der Waals surface area contributed by atoms with Crippen molar-refractivity contribution in [2.75, 3.05) is 7.11 Å². The summed E-state index contributed by atoms with van der Waals surface area (Å²) in [6.45, 7) is 1.57. The first-order valence-corrected chi connectivity index (χ1v) is 8.72. The Bertz CT molecular complexity index is 1100. The fourth-order valence-corrected chi connectivity index (χ4v) is 2.71. The lowest BCUT2D eigenvalue weighted by molar-refractivity contribution is -0.139. The van der Waals surface area contributed by atoms with Crippen LogP contribution in [0.2, 0.25) is 0 Å². The summed E-state index contributed by atoms with van der Waals surface area (Å²) in [6, 6.07) is 12.1. The number of rotatable bonds is 6. The molecule has 1 aromatic carbocycles. The second-order valence-electron chi connectivity index (χ2n) is 6.07. The third-order valence-corrected chi connectivity index (χ3v) is 4.14. The smallest absolute Gasteiger partial charge is 0.311 e. The van der Waals surface area contributed by atoms with Crippen LogP contribution >= 0.6 is 0 Å². The Hall–Kier alpha value is -4.01. The summed E-state index contributed by atoms with van der Waals surface area (Å²) in [5.41, 5.74) is 3.70. The molecular weight excluding hydrogens is 374 g/mol. The number of H-pyrrole nitrogens is 1. The summed E-state index contributed by atoms with van der Waals surface area (Å²) in [5.74, 6) is -0.981. The molecule has 1 amide bonds. The number of methoxy groups -OCH3 is 1. The van der Waals surface area contributed by atoms with Gasteiger partial charge >= 0.3 is 5.97 Å². The number of nitrogens with zero attached hydrogens (tertiary/aromatic N) is 3. The lowest BCUT2D eigenvalue weighted by Crippen LogP contribution is -2.24. The molecule has 2 N–H and O–H groups in total. The molecule has 2 aromatic heterocycles. The molecule has 3 aromatic rings. The number of amides is 1. The zero-order chi connectivity index (χ0) is 20.8. The zero-order valence-electron chi connectivity index (χ0n) is 15.9. The minimum atomic E-state index is -0.514.